The standard InChI is InChI=1S/C21H24N4O4S/c26-9-15-16-7-25(20-23-22-12-30-20)11-21(16)10-24(8-18(15)29-21)19(27)6-13-1-2-17-14(5-13)3-4-28-17/h1-2,5,12,15-16,18,26H,3-4,6-11H2/t15-,16+,18+,21+/m0/s1. The number of likely N-dealkylation sites (tertiary alicyclic amines) is 1. The maximum atomic E-state index is 13.2. The Balaban J connectivity index is 1.22. The summed E-state index contributed by atoms with van der Waals surface area (Å²) in [6.07, 6.45) is 1.18. The third kappa shape index (κ3) is 2.83. The van der Waals surface area contributed by atoms with E-state index >= 15 is 0 Å². The number of carbonyl (C=O) groups is 1. The maximum Gasteiger partial charge on any atom is 0.227 e. The molecule has 1 N–H and O–H groups in total. The molecule has 6 rings (SSSR count). The SMILES string of the molecule is O=C(Cc1ccc2c(c1)CCO2)N1C[C@H]2O[C@]3(C1)CN(c1nncs1)C[C@@H]3[C@@H]2CO. The van der Waals surface area contributed by atoms with Crippen molar-refractivity contribution in [2.45, 2.75) is 24.5 Å². The fourth-order valence-corrected chi connectivity index (χ4v) is 6.28. The monoisotopic (exact) mass is 428 g/mol. The maximum absolute atomic E-state index is 13.2. The molecule has 1 aromatic heterocycles. The van der Waals surface area contributed by atoms with Crippen LogP contribution in [0.1, 0.15) is 11.1 Å². The van der Waals surface area contributed by atoms with Gasteiger partial charge in [0.2, 0.25) is 11.0 Å². The molecule has 158 valence electrons. The molecule has 4 atom stereocenters. The van der Waals surface area contributed by atoms with Gasteiger partial charge in [0.05, 0.1) is 32.2 Å². The summed E-state index contributed by atoms with van der Waals surface area (Å²) in [6.45, 7) is 3.37. The summed E-state index contributed by atoms with van der Waals surface area (Å²) in [7, 11) is 0. The molecule has 9 heteroatoms. The molecule has 2 bridgehead atoms. The number of carbonyl (C=O) groups excluding carboxylic acids is 1. The lowest BCUT2D eigenvalue weighted by Crippen LogP contribution is -2.56. The van der Waals surface area contributed by atoms with Gasteiger partial charge in [-0.15, -0.1) is 10.2 Å². The Bertz CT molecular complexity index is 970. The zero-order valence-electron chi connectivity index (χ0n) is 16.6. The number of morpholine rings is 1. The molecule has 1 spiro atoms. The zero-order valence-corrected chi connectivity index (χ0v) is 17.4. The van der Waals surface area contributed by atoms with Crippen LogP contribution >= 0.6 is 11.3 Å². The van der Waals surface area contributed by atoms with E-state index in [1.807, 2.05) is 17.0 Å². The summed E-state index contributed by atoms with van der Waals surface area (Å²) in [5.74, 6) is 1.28. The Kier molecular flexibility index (Phi) is 4.26. The van der Waals surface area contributed by atoms with Crippen molar-refractivity contribution in [3.63, 3.8) is 0 Å². The van der Waals surface area contributed by atoms with Gasteiger partial charge < -0.3 is 24.4 Å². The highest BCUT2D eigenvalue weighted by Gasteiger charge is 2.63. The average Bonchev–Trinajstić information content (AvgIpc) is 3.50. The molecular weight excluding hydrogens is 404 g/mol. The van der Waals surface area contributed by atoms with Crippen molar-refractivity contribution in [2.24, 2.45) is 11.8 Å². The van der Waals surface area contributed by atoms with Crippen molar-refractivity contribution in [3.8, 4) is 5.75 Å². The van der Waals surface area contributed by atoms with Crippen LogP contribution in [0.3, 0.4) is 0 Å². The Morgan fingerprint density at radius 2 is 2.27 bits per heavy atom. The van der Waals surface area contributed by atoms with Gasteiger partial charge in [0.15, 0.2) is 0 Å². The smallest absolute Gasteiger partial charge is 0.227 e. The van der Waals surface area contributed by atoms with E-state index in [0.717, 1.165) is 36.0 Å². The molecule has 1 aromatic carbocycles. The quantitative estimate of drug-likeness (QED) is 0.769. The molecule has 0 aliphatic carbocycles. The van der Waals surface area contributed by atoms with Crippen LogP contribution in [0.15, 0.2) is 23.7 Å². The first-order valence-corrected chi connectivity index (χ1v) is 11.4. The molecule has 2 aromatic rings. The van der Waals surface area contributed by atoms with Gasteiger partial charge in [-0.25, -0.2) is 0 Å². The third-order valence-corrected chi connectivity index (χ3v) is 7.83. The predicted octanol–water partition coefficient (Wildman–Crippen LogP) is 0.740. The van der Waals surface area contributed by atoms with Crippen LogP contribution in [0.25, 0.3) is 0 Å². The molecule has 8 nitrogen and oxygen atoms in total. The summed E-state index contributed by atoms with van der Waals surface area (Å²) in [6, 6.07) is 6.06. The van der Waals surface area contributed by atoms with Crippen LogP contribution in [0.5, 0.6) is 5.75 Å². The minimum absolute atomic E-state index is 0.0397. The number of fused-ring (bicyclic) bond motifs is 2. The molecular formula is C21H24N4O4S. The van der Waals surface area contributed by atoms with Gasteiger partial charge in [0.1, 0.15) is 16.9 Å². The molecule has 0 unspecified atom stereocenters. The summed E-state index contributed by atoms with van der Waals surface area (Å²) in [5.41, 5.74) is 3.50. The van der Waals surface area contributed by atoms with Gasteiger partial charge in [-0.05, 0) is 17.2 Å². The number of amides is 1. The zero-order chi connectivity index (χ0) is 20.3. The predicted molar refractivity (Wildman–Crippen MR) is 110 cm³/mol. The first-order valence-electron chi connectivity index (χ1n) is 10.5. The number of aliphatic hydroxyl groups is 1. The Morgan fingerprint density at radius 1 is 1.33 bits per heavy atom. The van der Waals surface area contributed by atoms with E-state index < -0.39 is 5.60 Å². The number of hydrogen-bond donors (Lipinski definition) is 1. The summed E-state index contributed by atoms with van der Waals surface area (Å²) >= 11 is 1.51. The molecule has 3 saturated heterocycles. The van der Waals surface area contributed by atoms with Crippen LogP contribution in [0, 0.1) is 11.8 Å². The second-order valence-corrected chi connectivity index (χ2v) is 9.58. The number of rotatable bonds is 4. The molecule has 4 aliphatic heterocycles. The lowest BCUT2D eigenvalue weighted by molar-refractivity contribution is -0.151. The number of aromatic nitrogens is 2. The van der Waals surface area contributed by atoms with Crippen LogP contribution in [-0.4, -0.2) is 77.2 Å². The van der Waals surface area contributed by atoms with Crippen LogP contribution in [-0.2, 0) is 22.4 Å². The Morgan fingerprint density at radius 3 is 3.10 bits per heavy atom. The molecule has 1 amide bonds. The molecule has 0 radical (unpaired) electrons. The van der Waals surface area contributed by atoms with Crippen LogP contribution in [0.2, 0.25) is 0 Å². The minimum atomic E-state index is -0.441. The molecule has 30 heavy (non-hydrogen) atoms. The molecule has 0 saturated carbocycles. The van der Waals surface area contributed by atoms with Crippen LogP contribution < -0.4 is 9.64 Å². The second kappa shape index (κ2) is 6.90. The number of ether oxygens (including phenoxy) is 2. The minimum Gasteiger partial charge on any atom is -0.493 e. The summed E-state index contributed by atoms with van der Waals surface area (Å²) in [5, 5.41) is 19.1. The third-order valence-electron chi connectivity index (χ3n) is 7.08. The first kappa shape index (κ1) is 18.5. The van der Waals surface area contributed by atoms with Crippen molar-refractivity contribution in [3.05, 3.63) is 34.8 Å². The number of nitrogens with zero attached hydrogens (tertiary/aromatic N) is 4. The Hall–Kier alpha value is -2.23. The summed E-state index contributed by atoms with van der Waals surface area (Å²) in [4.78, 5) is 17.4. The van der Waals surface area contributed by atoms with Gasteiger partial charge in [0, 0.05) is 38.0 Å². The summed E-state index contributed by atoms with van der Waals surface area (Å²) < 4.78 is 12.0. The second-order valence-electron chi connectivity index (χ2n) is 8.77. The molecule has 4 aliphatic rings. The van der Waals surface area contributed by atoms with Crippen molar-refractivity contribution >= 4 is 22.4 Å². The van der Waals surface area contributed by atoms with Gasteiger partial charge in [0.25, 0.3) is 0 Å². The van der Waals surface area contributed by atoms with Crippen molar-refractivity contribution in [1.29, 1.82) is 0 Å². The molecule has 3 fully saturated rings. The fraction of sp³-hybridized carbons (Fsp3) is 0.571. The first-order chi connectivity index (χ1) is 14.6. The highest BCUT2D eigenvalue weighted by molar-refractivity contribution is 7.13. The number of hydrogen-bond acceptors (Lipinski definition) is 8. The van der Waals surface area contributed by atoms with Gasteiger partial charge in [-0.1, -0.05) is 23.5 Å². The Labute approximate surface area is 178 Å². The highest BCUT2D eigenvalue weighted by atomic mass is 32.1. The van der Waals surface area contributed by atoms with E-state index in [-0.39, 0.29) is 30.5 Å². The lowest BCUT2D eigenvalue weighted by Gasteiger charge is -2.40. The van der Waals surface area contributed by atoms with Gasteiger partial charge in [-0.3, -0.25) is 4.79 Å². The average molecular weight is 429 g/mol. The largest absolute Gasteiger partial charge is 0.493 e. The van der Waals surface area contributed by atoms with Gasteiger partial charge in [-0.2, -0.15) is 0 Å². The lowest BCUT2D eigenvalue weighted by atomic mass is 9.83. The highest BCUT2D eigenvalue weighted by Crippen LogP contribution is 2.50. The van der Waals surface area contributed by atoms with Crippen LogP contribution in [0.4, 0.5) is 5.13 Å². The van der Waals surface area contributed by atoms with Crippen molar-refractivity contribution in [1.82, 2.24) is 15.1 Å². The number of aliphatic hydroxyl groups excluding tert-OH is 1. The molecule has 5 heterocycles. The van der Waals surface area contributed by atoms with E-state index in [1.165, 1.54) is 16.9 Å². The van der Waals surface area contributed by atoms with Crippen molar-refractivity contribution < 1.29 is 19.4 Å². The van der Waals surface area contributed by atoms with E-state index in [9.17, 15) is 9.90 Å². The fourth-order valence-electron chi connectivity index (χ4n) is 5.71. The van der Waals surface area contributed by atoms with E-state index in [0.29, 0.717) is 26.1 Å². The normalized spacial score (nSPS) is 31.6. The van der Waals surface area contributed by atoms with Gasteiger partial charge >= 0.3 is 0 Å². The van der Waals surface area contributed by atoms with E-state index in [2.05, 4.69) is 21.2 Å². The number of anilines is 1. The van der Waals surface area contributed by atoms with E-state index in [1.54, 1.807) is 5.51 Å². The van der Waals surface area contributed by atoms with Crippen molar-refractivity contribution in [2.75, 3.05) is 44.3 Å². The topological polar surface area (TPSA) is 88.0 Å². The number of benzene rings is 1. The van der Waals surface area contributed by atoms with E-state index in [4.69, 9.17) is 9.47 Å².